The smallest absolute Gasteiger partial charge is 0.321 e. The highest BCUT2D eigenvalue weighted by molar-refractivity contribution is 5.66. The summed E-state index contributed by atoms with van der Waals surface area (Å²) < 4.78 is 15.7. The average molecular weight is 276 g/mol. The normalized spacial score (nSPS) is 10.2. The highest BCUT2D eigenvalue weighted by Gasteiger charge is 2.13. The number of methoxy groups -OCH3 is 2. The van der Waals surface area contributed by atoms with Crippen LogP contribution in [-0.2, 0) is 0 Å². The number of nitrogens with two attached hydrogens (primary N) is 1. The number of nitrogen functional groups attached to an aromatic ring is 1. The maximum absolute atomic E-state index is 5.67. The van der Waals surface area contributed by atoms with E-state index in [1.165, 1.54) is 0 Å². The van der Waals surface area contributed by atoms with Crippen LogP contribution in [0.25, 0.3) is 11.4 Å². The van der Waals surface area contributed by atoms with Crippen LogP contribution in [0.2, 0.25) is 0 Å². The number of anilines is 1. The molecular formula is C13H16N4O3. The van der Waals surface area contributed by atoms with Crippen molar-refractivity contribution >= 4 is 5.95 Å². The minimum absolute atomic E-state index is 0.0938. The van der Waals surface area contributed by atoms with E-state index in [2.05, 4.69) is 15.0 Å². The van der Waals surface area contributed by atoms with Gasteiger partial charge >= 0.3 is 6.01 Å². The van der Waals surface area contributed by atoms with Crippen molar-refractivity contribution in [1.82, 2.24) is 15.0 Å². The molecule has 7 heteroatoms. The maximum atomic E-state index is 5.67. The van der Waals surface area contributed by atoms with Gasteiger partial charge in [0.15, 0.2) is 5.82 Å². The van der Waals surface area contributed by atoms with E-state index in [0.29, 0.717) is 29.5 Å². The number of aromatic nitrogens is 3. The van der Waals surface area contributed by atoms with Gasteiger partial charge < -0.3 is 19.9 Å². The van der Waals surface area contributed by atoms with Crippen molar-refractivity contribution in [3.8, 4) is 28.9 Å². The van der Waals surface area contributed by atoms with Crippen LogP contribution in [-0.4, -0.2) is 35.8 Å². The van der Waals surface area contributed by atoms with E-state index in [9.17, 15) is 0 Å². The lowest BCUT2D eigenvalue weighted by molar-refractivity contribution is 0.312. The monoisotopic (exact) mass is 276 g/mol. The largest absolute Gasteiger partial charge is 0.497 e. The molecule has 0 aliphatic heterocycles. The summed E-state index contributed by atoms with van der Waals surface area (Å²) in [6.45, 7) is 2.29. The van der Waals surface area contributed by atoms with Gasteiger partial charge in [-0.15, -0.1) is 0 Å². The van der Waals surface area contributed by atoms with Crippen molar-refractivity contribution in [2.75, 3.05) is 26.6 Å². The Morgan fingerprint density at radius 3 is 2.55 bits per heavy atom. The topological polar surface area (TPSA) is 92.4 Å². The fourth-order valence-electron chi connectivity index (χ4n) is 1.67. The first-order valence-corrected chi connectivity index (χ1v) is 6.04. The molecule has 0 spiro atoms. The molecule has 1 heterocycles. The van der Waals surface area contributed by atoms with Gasteiger partial charge in [0, 0.05) is 6.07 Å². The summed E-state index contributed by atoms with van der Waals surface area (Å²) in [7, 11) is 3.15. The van der Waals surface area contributed by atoms with Crippen LogP contribution >= 0.6 is 0 Å². The van der Waals surface area contributed by atoms with Crippen LogP contribution < -0.4 is 19.9 Å². The van der Waals surface area contributed by atoms with E-state index in [-0.39, 0.29) is 12.0 Å². The minimum Gasteiger partial charge on any atom is -0.497 e. The Labute approximate surface area is 116 Å². The van der Waals surface area contributed by atoms with Crippen molar-refractivity contribution in [3.05, 3.63) is 18.2 Å². The Balaban J connectivity index is 2.50. The number of rotatable bonds is 5. The lowest BCUT2D eigenvalue weighted by Crippen LogP contribution is -2.05. The summed E-state index contributed by atoms with van der Waals surface area (Å²) >= 11 is 0. The van der Waals surface area contributed by atoms with Gasteiger partial charge in [-0.05, 0) is 19.1 Å². The van der Waals surface area contributed by atoms with E-state index in [1.807, 2.05) is 6.92 Å². The van der Waals surface area contributed by atoms with Gasteiger partial charge in [-0.2, -0.15) is 15.0 Å². The second-order valence-corrected chi connectivity index (χ2v) is 3.80. The van der Waals surface area contributed by atoms with Crippen molar-refractivity contribution < 1.29 is 14.2 Å². The molecule has 20 heavy (non-hydrogen) atoms. The molecule has 2 N–H and O–H groups in total. The van der Waals surface area contributed by atoms with Crippen LogP contribution in [0.4, 0.5) is 5.95 Å². The summed E-state index contributed by atoms with van der Waals surface area (Å²) in [4.78, 5) is 12.2. The molecule has 0 aliphatic rings. The maximum Gasteiger partial charge on any atom is 0.321 e. The second-order valence-electron chi connectivity index (χ2n) is 3.80. The van der Waals surface area contributed by atoms with Gasteiger partial charge in [0.05, 0.1) is 26.4 Å². The van der Waals surface area contributed by atoms with Crippen LogP contribution in [0.3, 0.4) is 0 Å². The number of ether oxygens (including phenoxy) is 3. The summed E-state index contributed by atoms with van der Waals surface area (Å²) in [5.74, 6) is 1.74. The fraction of sp³-hybridized carbons (Fsp3) is 0.308. The molecule has 0 unspecified atom stereocenters. The van der Waals surface area contributed by atoms with Gasteiger partial charge in [0.1, 0.15) is 11.5 Å². The highest BCUT2D eigenvalue weighted by atomic mass is 16.5. The first-order chi connectivity index (χ1) is 9.67. The summed E-state index contributed by atoms with van der Waals surface area (Å²) in [6, 6.07) is 5.52. The molecule has 0 saturated carbocycles. The number of benzene rings is 1. The van der Waals surface area contributed by atoms with Crippen LogP contribution in [0.15, 0.2) is 18.2 Å². The predicted octanol–water partition coefficient (Wildman–Crippen LogP) is 1.54. The van der Waals surface area contributed by atoms with Crippen molar-refractivity contribution in [2.24, 2.45) is 0 Å². The van der Waals surface area contributed by atoms with E-state index in [4.69, 9.17) is 19.9 Å². The Bertz CT molecular complexity index is 604. The van der Waals surface area contributed by atoms with Gasteiger partial charge in [-0.1, -0.05) is 0 Å². The van der Waals surface area contributed by atoms with Gasteiger partial charge in [-0.25, -0.2) is 0 Å². The van der Waals surface area contributed by atoms with Gasteiger partial charge in [0.2, 0.25) is 5.95 Å². The SMILES string of the molecule is CCOc1nc(N)nc(-c2ccc(OC)cc2OC)n1. The molecule has 0 radical (unpaired) electrons. The van der Waals surface area contributed by atoms with Crippen LogP contribution in [0.1, 0.15) is 6.92 Å². The third-order valence-electron chi connectivity index (χ3n) is 2.56. The summed E-state index contributed by atoms with van der Waals surface area (Å²) in [5, 5.41) is 0. The zero-order valence-electron chi connectivity index (χ0n) is 11.6. The standard InChI is InChI=1S/C13H16N4O3/c1-4-20-13-16-11(15-12(14)17-13)9-6-5-8(18-2)7-10(9)19-3/h5-7H,4H2,1-3H3,(H2,14,15,16,17). The van der Waals surface area contributed by atoms with Gasteiger partial charge in [-0.3, -0.25) is 0 Å². The quantitative estimate of drug-likeness (QED) is 0.885. The van der Waals surface area contributed by atoms with Crippen molar-refractivity contribution in [3.63, 3.8) is 0 Å². The molecule has 0 fully saturated rings. The third kappa shape index (κ3) is 2.87. The fourth-order valence-corrected chi connectivity index (χ4v) is 1.67. The molecule has 106 valence electrons. The van der Waals surface area contributed by atoms with Crippen LogP contribution in [0.5, 0.6) is 17.5 Å². The number of hydrogen-bond donors (Lipinski definition) is 1. The zero-order valence-corrected chi connectivity index (χ0v) is 11.6. The van der Waals surface area contributed by atoms with Gasteiger partial charge in [0.25, 0.3) is 0 Å². The average Bonchev–Trinajstić information content (AvgIpc) is 2.46. The summed E-state index contributed by atoms with van der Waals surface area (Å²) in [6.07, 6.45) is 0. The second kappa shape index (κ2) is 6.05. The molecular weight excluding hydrogens is 260 g/mol. The first-order valence-electron chi connectivity index (χ1n) is 6.04. The van der Waals surface area contributed by atoms with E-state index in [0.717, 1.165) is 0 Å². The molecule has 0 bridgehead atoms. The first kappa shape index (κ1) is 13.9. The molecule has 1 aromatic carbocycles. The Kier molecular flexibility index (Phi) is 4.19. The van der Waals surface area contributed by atoms with E-state index < -0.39 is 0 Å². The highest BCUT2D eigenvalue weighted by Crippen LogP contribution is 2.31. The predicted molar refractivity (Wildman–Crippen MR) is 73.9 cm³/mol. The molecule has 0 saturated heterocycles. The molecule has 0 atom stereocenters. The van der Waals surface area contributed by atoms with Crippen molar-refractivity contribution in [1.29, 1.82) is 0 Å². The van der Waals surface area contributed by atoms with Crippen molar-refractivity contribution in [2.45, 2.75) is 6.92 Å². The molecule has 0 aliphatic carbocycles. The lowest BCUT2D eigenvalue weighted by atomic mass is 10.2. The van der Waals surface area contributed by atoms with Crippen LogP contribution in [0, 0.1) is 0 Å². The molecule has 1 aromatic heterocycles. The molecule has 0 amide bonds. The Morgan fingerprint density at radius 2 is 1.90 bits per heavy atom. The molecule has 2 rings (SSSR count). The number of nitrogens with zero attached hydrogens (tertiary/aromatic N) is 3. The third-order valence-corrected chi connectivity index (χ3v) is 2.56. The molecule has 2 aromatic rings. The zero-order chi connectivity index (χ0) is 14.5. The Hall–Kier alpha value is -2.57. The Morgan fingerprint density at radius 1 is 1.10 bits per heavy atom. The molecule has 7 nitrogen and oxygen atoms in total. The summed E-state index contributed by atoms with van der Waals surface area (Å²) in [5.41, 5.74) is 6.35. The minimum atomic E-state index is 0.0938. The van der Waals surface area contributed by atoms with E-state index in [1.54, 1.807) is 32.4 Å². The number of hydrogen-bond acceptors (Lipinski definition) is 7. The lowest BCUT2D eigenvalue weighted by Gasteiger charge is -2.10. The van der Waals surface area contributed by atoms with E-state index >= 15 is 0 Å².